The molecule has 1 atom stereocenters. The number of rotatable bonds is 3. The first-order valence-electron chi connectivity index (χ1n) is 7.98. The fraction of sp³-hybridized carbons (Fsp3) is 0.316. The zero-order valence-electron chi connectivity index (χ0n) is 13.6. The van der Waals surface area contributed by atoms with E-state index in [4.69, 9.17) is 10.5 Å². The molecule has 1 amide bonds. The van der Waals surface area contributed by atoms with Gasteiger partial charge in [0.25, 0.3) is 5.91 Å². The third kappa shape index (κ3) is 3.16. The van der Waals surface area contributed by atoms with Crippen LogP contribution >= 0.6 is 0 Å². The molecule has 0 aliphatic carbocycles. The number of benzene rings is 2. The Morgan fingerprint density at radius 2 is 2.04 bits per heavy atom. The summed E-state index contributed by atoms with van der Waals surface area (Å²) >= 11 is 0. The highest BCUT2D eigenvalue weighted by molar-refractivity contribution is 5.98. The quantitative estimate of drug-likeness (QED) is 0.885. The van der Waals surface area contributed by atoms with Gasteiger partial charge in [0.15, 0.2) is 6.10 Å². The SMILES string of the molecule is Cc1cccc(OC(C)C(=O)N2CCCc3c(N)cccc32)c1. The van der Waals surface area contributed by atoms with E-state index in [0.717, 1.165) is 41.1 Å². The second-order valence-electron chi connectivity index (χ2n) is 6.01. The Labute approximate surface area is 136 Å². The summed E-state index contributed by atoms with van der Waals surface area (Å²) in [4.78, 5) is 14.6. The third-order valence-corrected chi connectivity index (χ3v) is 4.20. The minimum Gasteiger partial charge on any atom is -0.481 e. The Hall–Kier alpha value is -2.49. The van der Waals surface area contributed by atoms with E-state index in [1.54, 1.807) is 11.8 Å². The van der Waals surface area contributed by atoms with Crippen LogP contribution in [0.4, 0.5) is 11.4 Å². The molecule has 0 saturated carbocycles. The average Bonchev–Trinajstić information content (AvgIpc) is 2.54. The van der Waals surface area contributed by atoms with E-state index in [1.807, 2.05) is 49.4 Å². The van der Waals surface area contributed by atoms with Crippen LogP contribution in [0.3, 0.4) is 0 Å². The summed E-state index contributed by atoms with van der Waals surface area (Å²) in [5.41, 5.74) is 9.90. The van der Waals surface area contributed by atoms with Crippen LogP contribution in [0.25, 0.3) is 0 Å². The molecule has 3 rings (SSSR count). The number of hydrogen-bond donors (Lipinski definition) is 1. The second-order valence-corrected chi connectivity index (χ2v) is 6.01. The molecule has 0 saturated heterocycles. The van der Waals surface area contributed by atoms with E-state index in [-0.39, 0.29) is 5.91 Å². The van der Waals surface area contributed by atoms with E-state index in [2.05, 4.69) is 0 Å². The molecular weight excluding hydrogens is 288 g/mol. The van der Waals surface area contributed by atoms with Gasteiger partial charge in [0.05, 0.1) is 0 Å². The number of amides is 1. The number of aryl methyl sites for hydroxylation is 1. The Balaban J connectivity index is 1.80. The third-order valence-electron chi connectivity index (χ3n) is 4.20. The van der Waals surface area contributed by atoms with Gasteiger partial charge in [-0.05, 0) is 62.1 Å². The van der Waals surface area contributed by atoms with Gasteiger partial charge in [-0.1, -0.05) is 18.2 Å². The lowest BCUT2D eigenvalue weighted by Crippen LogP contribution is -2.43. The van der Waals surface area contributed by atoms with Crippen LogP contribution < -0.4 is 15.4 Å². The molecule has 2 aromatic rings. The fourth-order valence-corrected chi connectivity index (χ4v) is 3.04. The summed E-state index contributed by atoms with van der Waals surface area (Å²) in [6, 6.07) is 13.5. The van der Waals surface area contributed by atoms with Gasteiger partial charge in [0.1, 0.15) is 5.75 Å². The van der Waals surface area contributed by atoms with Crippen molar-refractivity contribution < 1.29 is 9.53 Å². The lowest BCUT2D eigenvalue weighted by atomic mass is 9.99. The van der Waals surface area contributed by atoms with Crippen molar-refractivity contribution in [2.24, 2.45) is 0 Å². The molecule has 2 N–H and O–H groups in total. The summed E-state index contributed by atoms with van der Waals surface area (Å²) < 4.78 is 5.83. The lowest BCUT2D eigenvalue weighted by molar-refractivity contribution is -0.124. The number of nitrogens with two attached hydrogens (primary N) is 1. The van der Waals surface area contributed by atoms with Crippen molar-refractivity contribution in [2.45, 2.75) is 32.8 Å². The smallest absolute Gasteiger partial charge is 0.267 e. The molecule has 23 heavy (non-hydrogen) atoms. The molecule has 4 heteroatoms. The second kappa shape index (κ2) is 6.32. The normalized spacial score (nSPS) is 15.0. The molecule has 0 fully saturated rings. The summed E-state index contributed by atoms with van der Waals surface area (Å²) in [5.74, 6) is 0.689. The Morgan fingerprint density at radius 1 is 1.26 bits per heavy atom. The summed E-state index contributed by atoms with van der Waals surface area (Å²) in [7, 11) is 0. The Bertz CT molecular complexity index is 727. The molecule has 1 aliphatic heterocycles. The monoisotopic (exact) mass is 310 g/mol. The average molecular weight is 310 g/mol. The fourth-order valence-electron chi connectivity index (χ4n) is 3.04. The molecule has 4 nitrogen and oxygen atoms in total. The number of carbonyl (C=O) groups excluding carboxylic acids is 1. The first-order valence-corrected chi connectivity index (χ1v) is 7.98. The first-order chi connectivity index (χ1) is 11.1. The van der Waals surface area contributed by atoms with Crippen molar-refractivity contribution in [1.29, 1.82) is 0 Å². The van der Waals surface area contributed by atoms with Gasteiger partial charge >= 0.3 is 0 Å². The first kappa shape index (κ1) is 15.4. The van der Waals surface area contributed by atoms with Gasteiger partial charge in [-0.2, -0.15) is 0 Å². The maximum Gasteiger partial charge on any atom is 0.267 e. The molecule has 0 spiro atoms. The highest BCUT2D eigenvalue weighted by Crippen LogP contribution is 2.32. The van der Waals surface area contributed by atoms with Crippen molar-refractivity contribution in [1.82, 2.24) is 0 Å². The maximum absolute atomic E-state index is 12.8. The van der Waals surface area contributed by atoms with E-state index in [9.17, 15) is 4.79 Å². The maximum atomic E-state index is 12.8. The van der Waals surface area contributed by atoms with Gasteiger partial charge in [-0.25, -0.2) is 0 Å². The topological polar surface area (TPSA) is 55.6 Å². The van der Waals surface area contributed by atoms with E-state index in [1.165, 1.54) is 0 Å². The predicted molar refractivity (Wildman–Crippen MR) is 92.8 cm³/mol. The molecule has 0 aromatic heterocycles. The summed E-state index contributed by atoms with van der Waals surface area (Å²) in [6.45, 7) is 4.51. The van der Waals surface area contributed by atoms with Crippen molar-refractivity contribution in [3.8, 4) is 5.75 Å². The molecule has 1 unspecified atom stereocenters. The molecule has 2 aromatic carbocycles. The molecule has 0 bridgehead atoms. The van der Waals surface area contributed by atoms with Crippen LogP contribution in [0.1, 0.15) is 24.5 Å². The van der Waals surface area contributed by atoms with Gasteiger partial charge in [-0.3, -0.25) is 4.79 Å². The van der Waals surface area contributed by atoms with Gasteiger partial charge in [0.2, 0.25) is 0 Å². The summed E-state index contributed by atoms with van der Waals surface area (Å²) in [6.07, 6.45) is 1.30. The van der Waals surface area contributed by atoms with Crippen molar-refractivity contribution in [2.75, 3.05) is 17.2 Å². The molecule has 1 aliphatic rings. The van der Waals surface area contributed by atoms with Gasteiger partial charge in [-0.15, -0.1) is 0 Å². The number of nitrogen functional groups attached to an aromatic ring is 1. The zero-order valence-corrected chi connectivity index (χ0v) is 13.6. The highest BCUT2D eigenvalue weighted by atomic mass is 16.5. The largest absolute Gasteiger partial charge is 0.481 e. The predicted octanol–water partition coefficient (Wildman–Crippen LogP) is 3.32. The van der Waals surface area contributed by atoms with Crippen LogP contribution in [0.5, 0.6) is 5.75 Å². The van der Waals surface area contributed by atoms with Crippen LogP contribution in [-0.4, -0.2) is 18.6 Å². The standard InChI is InChI=1S/C19H22N2O2/c1-13-6-3-7-15(12-13)23-14(2)19(22)21-11-5-8-16-17(20)9-4-10-18(16)21/h3-4,6-7,9-10,12,14H,5,8,11,20H2,1-2H3. The Morgan fingerprint density at radius 3 is 2.83 bits per heavy atom. The van der Waals surface area contributed by atoms with Crippen molar-refractivity contribution in [3.63, 3.8) is 0 Å². The molecule has 0 radical (unpaired) electrons. The molecule has 1 heterocycles. The lowest BCUT2D eigenvalue weighted by Gasteiger charge is -2.32. The van der Waals surface area contributed by atoms with Crippen molar-refractivity contribution in [3.05, 3.63) is 53.6 Å². The van der Waals surface area contributed by atoms with Gasteiger partial charge in [0, 0.05) is 17.9 Å². The minimum atomic E-state index is -0.538. The number of nitrogens with zero attached hydrogens (tertiary/aromatic N) is 1. The van der Waals surface area contributed by atoms with Crippen LogP contribution in [0.15, 0.2) is 42.5 Å². The molecular formula is C19H22N2O2. The van der Waals surface area contributed by atoms with E-state index < -0.39 is 6.10 Å². The number of ether oxygens (including phenoxy) is 1. The number of anilines is 2. The number of hydrogen-bond acceptors (Lipinski definition) is 3. The van der Waals surface area contributed by atoms with Crippen LogP contribution in [0, 0.1) is 6.92 Å². The molecule has 120 valence electrons. The van der Waals surface area contributed by atoms with Crippen LogP contribution in [-0.2, 0) is 11.2 Å². The van der Waals surface area contributed by atoms with Crippen molar-refractivity contribution >= 4 is 17.3 Å². The Kier molecular flexibility index (Phi) is 4.24. The van der Waals surface area contributed by atoms with Gasteiger partial charge < -0.3 is 15.4 Å². The number of carbonyl (C=O) groups is 1. The summed E-state index contributed by atoms with van der Waals surface area (Å²) in [5, 5.41) is 0. The van der Waals surface area contributed by atoms with E-state index in [0.29, 0.717) is 6.54 Å². The zero-order chi connectivity index (χ0) is 16.4. The minimum absolute atomic E-state index is 0.0296. The number of fused-ring (bicyclic) bond motifs is 1. The van der Waals surface area contributed by atoms with Crippen LogP contribution in [0.2, 0.25) is 0 Å². The van der Waals surface area contributed by atoms with E-state index >= 15 is 0 Å². The highest BCUT2D eigenvalue weighted by Gasteiger charge is 2.28.